The van der Waals surface area contributed by atoms with Crippen molar-refractivity contribution in [3.63, 3.8) is 0 Å². The van der Waals surface area contributed by atoms with E-state index in [1.54, 1.807) is 0 Å². The summed E-state index contributed by atoms with van der Waals surface area (Å²) < 4.78 is 35.1. The maximum Gasteiger partial charge on any atom is 0.279 e. The first-order valence-corrected chi connectivity index (χ1v) is 13.0. The second kappa shape index (κ2) is 13.1. The molecule has 1 aromatic heterocycles. The quantitative estimate of drug-likeness (QED) is 0.236. The molecule has 0 aliphatic heterocycles. The number of rotatable bonds is 13. The molecule has 1 aromatic carbocycles. The average molecular weight is 507 g/mol. The molecule has 12 heteroatoms. The Bertz CT molecular complexity index is 1080. The molecule has 1 heterocycles. The number of nitrogens with zero attached hydrogens (tertiary/aromatic N) is 3. The van der Waals surface area contributed by atoms with Gasteiger partial charge in [-0.15, -0.1) is 0 Å². The van der Waals surface area contributed by atoms with Gasteiger partial charge in [-0.1, -0.05) is 17.3 Å². The van der Waals surface area contributed by atoms with Crippen LogP contribution in [0.4, 0.5) is 5.82 Å². The van der Waals surface area contributed by atoms with Gasteiger partial charge in [0.25, 0.3) is 5.91 Å². The minimum atomic E-state index is -3.48. The first-order valence-electron chi connectivity index (χ1n) is 11.4. The predicted octanol–water partition coefficient (Wildman–Crippen LogP) is 1.96. The monoisotopic (exact) mass is 506 g/mol. The zero-order valence-corrected chi connectivity index (χ0v) is 20.4. The molecule has 0 saturated heterocycles. The van der Waals surface area contributed by atoms with Gasteiger partial charge in [-0.3, -0.25) is 4.79 Å². The number of hydrogen-bond donors (Lipinski definition) is 2. The van der Waals surface area contributed by atoms with Gasteiger partial charge in [-0.05, 0) is 44.2 Å². The molecule has 0 atom stereocenters. The largest absolute Gasteiger partial charge is 0.474 e. The van der Waals surface area contributed by atoms with Crippen LogP contribution in [0, 0.1) is 0 Å². The minimum absolute atomic E-state index is 0.0114. The lowest BCUT2D eigenvalue weighted by Gasteiger charge is -2.12. The highest BCUT2D eigenvalue weighted by atomic mass is 32.2. The van der Waals surface area contributed by atoms with E-state index in [0.29, 0.717) is 18.6 Å². The van der Waals surface area contributed by atoms with Crippen molar-refractivity contribution < 1.29 is 32.6 Å². The Hall–Kier alpha value is -3.09. The van der Waals surface area contributed by atoms with Crippen molar-refractivity contribution in [2.45, 2.75) is 43.1 Å². The van der Waals surface area contributed by atoms with E-state index < -0.39 is 15.7 Å². The number of aromatic nitrogens is 2. The van der Waals surface area contributed by atoms with Gasteiger partial charge in [-0.2, -0.15) is 0 Å². The van der Waals surface area contributed by atoms with Crippen molar-refractivity contribution in [1.82, 2.24) is 9.97 Å². The lowest BCUT2D eigenvalue weighted by Crippen LogP contribution is -2.25. The normalized spacial score (nSPS) is 14.6. The Labute approximate surface area is 204 Å². The number of nitrogens with one attached hydrogen (secondary N) is 1. The third kappa shape index (κ3) is 7.98. The van der Waals surface area contributed by atoms with Crippen molar-refractivity contribution >= 4 is 27.3 Å². The maximum atomic E-state index is 13.0. The molecule has 3 rings (SSSR count). The number of amides is 1. The van der Waals surface area contributed by atoms with E-state index in [-0.39, 0.29) is 47.4 Å². The van der Waals surface area contributed by atoms with Gasteiger partial charge in [0, 0.05) is 19.3 Å². The number of hydrogen-bond acceptors (Lipinski definition) is 10. The van der Waals surface area contributed by atoms with E-state index >= 15 is 0 Å². The molecule has 0 unspecified atom stereocenters. The number of carbonyl (C=O) groups excluding carboxylic acids is 1. The van der Waals surface area contributed by atoms with E-state index in [9.17, 15) is 13.2 Å². The molecule has 11 nitrogen and oxygen atoms in total. The molecule has 0 radical (unpaired) electrons. The molecule has 2 N–H and O–H groups in total. The highest BCUT2D eigenvalue weighted by Gasteiger charge is 2.21. The minimum Gasteiger partial charge on any atom is -0.474 e. The van der Waals surface area contributed by atoms with Crippen LogP contribution < -0.4 is 10.1 Å². The van der Waals surface area contributed by atoms with Crippen molar-refractivity contribution in [2.75, 3.05) is 38.0 Å². The van der Waals surface area contributed by atoms with Crippen LogP contribution in [0.1, 0.15) is 37.7 Å². The number of carbonyl (C=O) groups is 1. The van der Waals surface area contributed by atoms with Gasteiger partial charge in [0.1, 0.15) is 12.7 Å². The summed E-state index contributed by atoms with van der Waals surface area (Å²) in [6.45, 7) is 0.270. The van der Waals surface area contributed by atoms with E-state index in [4.69, 9.17) is 19.4 Å². The third-order valence-electron chi connectivity index (χ3n) is 5.27. The lowest BCUT2D eigenvalue weighted by atomic mass is 10.1. The zero-order chi connectivity index (χ0) is 25.1. The first-order chi connectivity index (χ1) is 16.9. The van der Waals surface area contributed by atoms with Crippen LogP contribution in [0.15, 0.2) is 46.7 Å². The summed E-state index contributed by atoms with van der Waals surface area (Å²) in [5.41, 5.74) is 0.384. The van der Waals surface area contributed by atoms with Gasteiger partial charge in [-0.25, -0.2) is 18.4 Å². The van der Waals surface area contributed by atoms with Crippen molar-refractivity contribution in [3.05, 3.63) is 42.2 Å². The molecular formula is C23H30N4O7S. The number of ether oxygens (including phenoxy) is 2. The molecule has 1 aliphatic rings. The van der Waals surface area contributed by atoms with Crippen molar-refractivity contribution in [3.8, 4) is 5.88 Å². The third-order valence-corrected chi connectivity index (χ3v) is 7.09. The number of benzene rings is 1. The summed E-state index contributed by atoms with van der Waals surface area (Å²) in [6.07, 6.45) is 6.75. The van der Waals surface area contributed by atoms with Gasteiger partial charge < -0.3 is 24.7 Å². The summed E-state index contributed by atoms with van der Waals surface area (Å²) in [5, 5.41) is 15.6. The SMILES string of the molecule is COCCCS(=O)(=O)c1ccc(/C(=N\OC2CCCC2)C(=O)Nc2cnc(OCCO)cn2)cc1. The molecule has 1 amide bonds. The van der Waals surface area contributed by atoms with Crippen LogP contribution >= 0.6 is 0 Å². The smallest absolute Gasteiger partial charge is 0.279 e. The summed E-state index contributed by atoms with van der Waals surface area (Å²) in [5.74, 6) is -0.254. The van der Waals surface area contributed by atoms with Gasteiger partial charge >= 0.3 is 0 Å². The van der Waals surface area contributed by atoms with Crippen LogP contribution in [0.3, 0.4) is 0 Å². The summed E-state index contributed by atoms with van der Waals surface area (Å²) in [7, 11) is -1.96. The lowest BCUT2D eigenvalue weighted by molar-refractivity contribution is -0.110. The Morgan fingerprint density at radius 3 is 2.51 bits per heavy atom. The number of aliphatic hydroxyl groups is 1. The topological polar surface area (TPSA) is 149 Å². The number of oxime groups is 1. The fraction of sp³-hybridized carbons (Fsp3) is 0.478. The van der Waals surface area contributed by atoms with Crippen LogP contribution in [0.25, 0.3) is 0 Å². The summed E-state index contributed by atoms with van der Waals surface area (Å²) in [4.78, 5) is 26.9. The average Bonchev–Trinajstić information content (AvgIpc) is 3.38. The predicted molar refractivity (Wildman–Crippen MR) is 128 cm³/mol. The number of anilines is 1. The molecular weight excluding hydrogens is 476 g/mol. The van der Waals surface area contributed by atoms with E-state index in [0.717, 1.165) is 25.7 Å². The Morgan fingerprint density at radius 1 is 1.14 bits per heavy atom. The second-order valence-electron chi connectivity index (χ2n) is 7.91. The van der Waals surface area contributed by atoms with E-state index in [1.807, 2.05) is 0 Å². The number of aliphatic hydroxyl groups excluding tert-OH is 1. The maximum absolute atomic E-state index is 13.0. The molecule has 1 saturated carbocycles. The molecule has 0 bridgehead atoms. The van der Waals surface area contributed by atoms with Crippen LogP contribution in [-0.4, -0.2) is 73.9 Å². The van der Waals surface area contributed by atoms with Gasteiger partial charge in [0.15, 0.2) is 21.4 Å². The Kier molecular flexibility index (Phi) is 9.94. The molecule has 1 fully saturated rings. The molecule has 2 aromatic rings. The van der Waals surface area contributed by atoms with Crippen LogP contribution in [0.5, 0.6) is 5.88 Å². The Balaban J connectivity index is 1.77. The fourth-order valence-electron chi connectivity index (χ4n) is 3.46. The van der Waals surface area contributed by atoms with Crippen LogP contribution in [0.2, 0.25) is 0 Å². The van der Waals surface area contributed by atoms with Gasteiger partial charge in [0.2, 0.25) is 5.88 Å². The number of methoxy groups -OCH3 is 1. The van der Waals surface area contributed by atoms with Crippen molar-refractivity contribution in [2.24, 2.45) is 5.16 Å². The summed E-state index contributed by atoms with van der Waals surface area (Å²) in [6, 6.07) is 5.94. The highest BCUT2D eigenvalue weighted by Crippen LogP contribution is 2.22. The second-order valence-corrected chi connectivity index (χ2v) is 10.0. The summed E-state index contributed by atoms with van der Waals surface area (Å²) >= 11 is 0. The molecule has 0 spiro atoms. The standard InChI is InChI=1S/C23H30N4O7S/c1-32-12-4-14-35(30,31)19-9-7-17(8-10-19)22(27-34-18-5-2-3-6-18)23(29)26-20-15-25-21(16-24-20)33-13-11-28/h7-10,15-16,18,28H,2-6,11-14H2,1H3,(H,24,26,29)/b27-22+. The van der Waals surface area contributed by atoms with E-state index in [2.05, 4.69) is 20.4 Å². The molecule has 190 valence electrons. The fourth-order valence-corrected chi connectivity index (χ4v) is 4.74. The van der Waals surface area contributed by atoms with E-state index in [1.165, 1.54) is 43.8 Å². The Morgan fingerprint density at radius 2 is 1.89 bits per heavy atom. The highest BCUT2D eigenvalue weighted by molar-refractivity contribution is 7.91. The first kappa shape index (κ1) is 26.5. The molecule has 35 heavy (non-hydrogen) atoms. The molecule has 1 aliphatic carbocycles. The van der Waals surface area contributed by atoms with Crippen molar-refractivity contribution in [1.29, 1.82) is 0 Å². The van der Waals surface area contributed by atoms with Crippen LogP contribution in [-0.2, 0) is 24.2 Å². The zero-order valence-electron chi connectivity index (χ0n) is 19.6. The van der Waals surface area contributed by atoms with Gasteiger partial charge in [0.05, 0.1) is 29.6 Å². The number of sulfone groups is 1.